The molecule has 1 aromatic rings. The molecular formula is C17H26ClNO2. The van der Waals surface area contributed by atoms with Crippen LogP contribution in [0, 0.1) is 5.41 Å². The highest BCUT2D eigenvalue weighted by molar-refractivity contribution is 6.33. The minimum atomic E-state index is 0.233. The van der Waals surface area contributed by atoms with Crippen LogP contribution in [0.25, 0.3) is 0 Å². The molecule has 0 spiro atoms. The van der Waals surface area contributed by atoms with E-state index >= 15 is 0 Å². The average molecular weight is 312 g/mol. The van der Waals surface area contributed by atoms with Gasteiger partial charge in [-0.3, -0.25) is 0 Å². The molecule has 1 unspecified atom stereocenters. The predicted molar refractivity (Wildman–Crippen MR) is 87.5 cm³/mol. The molecule has 1 N–H and O–H groups in total. The van der Waals surface area contributed by atoms with Gasteiger partial charge in [-0.25, -0.2) is 0 Å². The van der Waals surface area contributed by atoms with Gasteiger partial charge in [0.15, 0.2) is 0 Å². The van der Waals surface area contributed by atoms with Gasteiger partial charge in [-0.1, -0.05) is 37.8 Å². The molecule has 1 fully saturated rings. The van der Waals surface area contributed by atoms with Crippen LogP contribution in [-0.4, -0.2) is 21.3 Å². The zero-order valence-electron chi connectivity index (χ0n) is 13.5. The second-order valence-electron chi connectivity index (χ2n) is 6.14. The minimum absolute atomic E-state index is 0.233. The fraction of sp³-hybridized carbons (Fsp3) is 0.647. The van der Waals surface area contributed by atoms with Crippen LogP contribution in [0.2, 0.25) is 5.02 Å². The van der Waals surface area contributed by atoms with Gasteiger partial charge in [-0.15, -0.1) is 0 Å². The monoisotopic (exact) mass is 311 g/mol. The van der Waals surface area contributed by atoms with E-state index in [-0.39, 0.29) is 11.5 Å². The molecule has 0 aliphatic heterocycles. The van der Waals surface area contributed by atoms with E-state index in [1.54, 1.807) is 14.2 Å². The van der Waals surface area contributed by atoms with Crippen molar-refractivity contribution < 1.29 is 9.47 Å². The smallest absolute Gasteiger partial charge is 0.146 e. The Labute approximate surface area is 133 Å². The first-order valence-corrected chi connectivity index (χ1v) is 8.03. The van der Waals surface area contributed by atoms with Crippen molar-refractivity contribution in [2.75, 3.05) is 21.3 Å². The Balaban J connectivity index is 2.44. The summed E-state index contributed by atoms with van der Waals surface area (Å²) >= 11 is 6.42. The number of rotatable bonds is 5. The zero-order chi connectivity index (χ0) is 15.5. The second kappa shape index (κ2) is 6.89. The molecule has 0 heterocycles. The summed E-state index contributed by atoms with van der Waals surface area (Å²) in [4.78, 5) is 0. The van der Waals surface area contributed by atoms with Crippen LogP contribution in [0.3, 0.4) is 0 Å². The number of hydrogen-bond donors (Lipinski definition) is 1. The van der Waals surface area contributed by atoms with Crippen LogP contribution in [0.15, 0.2) is 12.1 Å². The van der Waals surface area contributed by atoms with Crippen LogP contribution >= 0.6 is 11.6 Å². The third-order valence-electron chi connectivity index (χ3n) is 4.81. The minimum Gasteiger partial charge on any atom is -0.495 e. The lowest BCUT2D eigenvalue weighted by Gasteiger charge is -2.41. The summed E-state index contributed by atoms with van der Waals surface area (Å²) < 4.78 is 10.9. The van der Waals surface area contributed by atoms with Crippen molar-refractivity contribution in [3.8, 4) is 11.5 Å². The Hall–Kier alpha value is -0.930. The molecule has 1 aliphatic carbocycles. The normalized spacial score (nSPS) is 19.1. The summed E-state index contributed by atoms with van der Waals surface area (Å²) in [6.45, 7) is 2.37. The molecule has 1 atom stereocenters. The molecular weight excluding hydrogens is 286 g/mol. The molecule has 0 saturated heterocycles. The van der Waals surface area contributed by atoms with E-state index in [4.69, 9.17) is 21.1 Å². The lowest BCUT2D eigenvalue weighted by atomic mass is 9.68. The van der Waals surface area contributed by atoms with Crippen molar-refractivity contribution in [1.82, 2.24) is 5.32 Å². The molecule has 1 saturated carbocycles. The standard InChI is InChI=1S/C17H26ClNO2/c1-17(10-6-5-7-11-17)16(19-2)12-8-9-13(20-3)14(18)15(12)21-4/h8-9,16,19H,5-7,10-11H2,1-4H3. The lowest BCUT2D eigenvalue weighted by Crippen LogP contribution is -2.36. The summed E-state index contributed by atoms with van der Waals surface area (Å²) in [7, 11) is 5.31. The van der Waals surface area contributed by atoms with Gasteiger partial charge in [-0.05, 0) is 37.4 Å². The van der Waals surface area contributed by atoms with Crippen molar-refractivity contribution in [3.63, 3.8) is 0 Å². The number of nitrogens with one attached hydrogen (secondary N) is 1. The first-order chi connectivity index (χ1) is 10.1. The Morgan fingerprint density at radius 2 is 1.81 bits per heavy atom. The number of methoxy groups -OCH3 is 2. The number of hydrogen-bond acceptors (Lipinski definition) is 3. The van der Waals surface area contributed by atoms with Gasteiger partial charge < -0.3 is 14.8 Å². The van der Waals surface area contributed by atoms with Crippen LogP contribution in [0.4, 0.5) is 0 Å². The van der Waals surface area contributed by atoms with Gasteiger partial charge >= 0.3 is 0 Å². The maximum absolute atomic E-state index is 6.42. The van der Waals surface area contributed by atoms with E-state index in [9.17, 15) is 0 Å². The Morgan fingerprint density at radius 3 is 2.33 bits per heavy atom. The van der Waals surface area contributed by atoms with E-state index in [1.165, 1.54) is 32.1 Å². The highest BCUT2D eigenvalue weighted by atomic mass is 35.5. The van der Waals surface area contributed by atoms with Crippen LogP contribution < -0.4 is 14.8 Å². The molecule has 0 bridgehead atoms. The van der Waals surface area contributed by atoms with Crippen LogP contribution in [0.1, 0.15) is 50.6 Å². The Bertz CT molecular complexity index is 484. The molecule has 0 radical (unpaired) electrons. The SMILES string of the molecule is CNC(c1ccc(OC)c(Cl)c1OC)C1(C)CCCCC1. The Morgan fingerprint density at radius 1 is 1.14 bits per heavy atom. The van der Waals surface area contributed by atoms with Crippen molar-refractivity contribution in [2.24, 2.45) is 5.41 Å². The topological polar surface area (TPSA) is 30.5 Å². The highest BCUT2D eigenvalue weighted by Crippen LogP contribution is 2.49. The molecule has 3 nitrogen and oxygen atoms in total. The molecule has 0 aromatic heterocycles. The van der Waals surface area contributed by atoms with Crippen molar-refractivity contribution >= 4 is 11.6 Å². The second-order valence-corrected chi connectivity index (χ2v) is 6.52. The number of benzene rings is 1. The van der Waals surface area contributed by atoms with Crippen molar-refractivity contribution in [3.05, 3.63) is 22.7 Å². The van der Waals surface area contributed by atoms with E-state index in [0.29, 0.717) is 10.8 Å². The van der Waals surface area contributed by atoms with Crippen LogP contribution in [-0.2, 0) is 0 Å². The molecule has 0 amide bonds. The van der Waals surface area contributed by atoms with Gasteiger partial charge in [0.1, 0.15) is 16.5 Å². The summed E-state index contributed by atoms with van der Waals surface area (Å²) in [6.07, 6.45) is 6.38. The molecule has 1 aliphatic rings. The number of halogens is 1. The first kappa shape index (κ1) is 16.4. The molecule has 21 heavy (non-hydrogen) atoms. The summed E-state index contributed by atoms with van der Waals surface area (Å²) in [6, 6.07) is 4.23. The van der Waals surface area contributed by atoms with Gasteiger partial charge in [0.2, 0.25) is 0 Å². The lowest BCUT2D eigenvalue weighted by molar-refractivity contribution is 0.148. The van der Waals surface area contributed by atoms with Crippen molar-refractivity contribution in [2.45, 2.75) is 45.1 Å². The molecule has 4 heteroatoms. The fourth-order valence-corrected chi connectivity index (χ4v) is 4.00. The van der Waals surface area contributed by atoms with E-state index in [0.717, 1.165) is 11.3 Å². The van der Waals surface area contributed by atoms with Crippen molar-refractivity contribution in [1.29, 1.82) is 0 Å². The number of ether oxygens (including phenoxy) is 2. The summed E-state index contributed by atoms with van der Waals surface area (Å²) in [5.41, 5.74) is 1.35. The third kappa shape index (κ3) is 3.14. The van der Waals surface area contributed by atoms with Gasteiger partial charge in [-0.2, -0.15) is 0 Å². The fourth-order valence-electron chi connectivity index (χ4n) is 3.67. The van der Waals surface area contributed by atoms with E-state index in [2.05, 4.69) is 18.3 Å². The van der Waals surface area contributed by atoms with Gasteiger partial charge in [0.05, 0.1) is 14.2 Å². The maximum Gasteiger partial charge on any atom is 0.146 e. The maximum atomic E-state index is 6.42. The van der Waals surface area contributed by atoms with Gasteiger partial charge in [0.25, 0.3) is 0 Å². The first-order valence-electron chi connectivity index (χ1n) is 7.65. The zero-order valence-corrected chi connectivity index (χ0v) is 14.2. The molecule has 1 aromatic carbocycles. The summed E-state index contributed by atoms with van der Waals surface area (Å²) in [5, 5.41) is 4.04. The quantitative estimate of drug-likeness (QED) is 0.863. The Kier molecular flexibility index (Phi) is 5.39. The highest BCUT2D eigenvalue weighted by Gasteiger charge is 2.37. The van der Waals surface area contributed by atoms with Gasteiger partial charge in [0, 0.05) is 11.6 Å². The molecule has 118 valence electrons. The molecule has 2 rings (SSSR count). The summed E-state index contributed by atoms with van der Waals surface area (Å²) in [5.74, 6) is 1.38. The average Bonchev–Trinajstić information content (AvgIpc) is 2.49. The third-order valence-corrected chi connectivity index (χ3v) is 5.17. The van der Waals surface area contributed by atoms with Crippen LogP contribution in [0.5, 0.6) is 11.5 Å². The largest absolute Gasteiger partial charge is 0.495 e. The predicted octanol–water partition coefficient (Wildman–Crippen LogP) is 4.59. The van der Waals surface area contributed by atoms with E-state index < -0.39 is 0 Å². The van der Waals surface area contributed by atoms with E-state index in [1.807, 2.05) is 13.1 Å².